The summed E-state index contributed by atoms with van der Waals surface area (Å²) in [4.78, 5) is 45.1. The van der Waals surface area contributed by atoms with Crippen molar-refractivity contribution in [2.24, 2.45) is 0 Å². The molecule has 308 valence electrons. The summed E-state index contributed by atoms with van der Waals surface area (Å²) in [6.07, 6.45) is -0.811. The highest BCUT2D eigenvalue weighted by molar-refractivity contribution is 7.22. The summed E-state index contributed by atoms with van der Waals surface area (Å²) in [5.74, 6) is -3.80. The minimum Gasteiger partial charge on any atom is -0.459 e. The second kappa shape index (κ2) is 15.2. The van der Waals surface area contributed by atoms with Crippen LogP contribution in [0.25, 0.3) is 32.2 Å². The van der Waals surface area contributed by atoms with Gasteiger partial charge in [0, 0.05) is 74.2 Å². The molecular weight excluding hydrogens is 790 g/mol. The molecule has 3 atom stereocenters. The highest BCUT2D eigenvalue weighted by atomic mass is 35.5. The van der Waals surface area contributed by atoms with Gasteiger partial charge in [0.15, 0.2) is 10.9 Å². The van der Waals surface area contributed by atoms with E-state index >= 15 is 8.78 Å². The Bertz CT molecular complexity index is 2190. The van der Waals surface area contributed by atoms with E-state index in [4.69, 9.17) is 30.8 Å². The second-order valence-electron chi connectivity index (χ2n) is 17.0. The number of carbonyl (C=O) groups is 2. The molecule has 3 unspecified atom stereocenters. The number of alkyl halides is 2. The Hall–Kier alpha value is -4.22. The first-order valence-electron chi connectivity index (χ1n) is 19.0. The maximum Gasteiger partial charge on any atom is 0.413 e. The lowest BCUT2D eigenvalue weighted by molar-refractivity contribution is -0.0595. The number of piperazine rings is 1. The van der Waals surface area contributed by atoms with Crippen LogP contribution < -0.4 is 15.0 Å². The minimum atomic E-state index is -2.70. The molecule has 57 heavy (non-hydrogen) atoms. The molecule has 2 amide bonds. The van der Waals surface area contributed by atoms with E-state index in [9.17, 15) is 18.4 Å². The van der Waals surface area contributed by atoms with Gasteiger partial charge in [0.05, 0.1) is 15.2 Å². The number of aromatic nitrogens is 3. The molecule has 3 aliphatic heterocycles. The van der Waals surface area contributed by atoms with Gasteiger partial charge in [-0.05, 0) is 79.5 Å². The summed E-state index contributed by atoms with van der Waals surface area (Å²) in [6, 6.07) is 3.58. The van der Waals surface area contributed by atoms with Gasteiger partial charge in [-0.2, -0.15) is 9.97 Å². The molecule has 0 saturated carbocycles. The number of benzene rings is 2. The van der Waals surface area contributed by atoms with Crippen LogP contribution in [-0.2, 0) is 9.47 Å². The van der Waals surface area contributed by atoms with Crippen molar-refractivity contribution in [2.45, 2.75) is 109 Å². The van der Waals surface area contributed by atoms with Crippen LogP contribution in [0.3, 0.4) is 0 Å². The molecule has 3 fully saturated rings. The molecule has 1 N–H and O–H groups in total. The van der Waals surface area contributed by atoms with Crippen molar-refractivity contribution in [3.63, 3.8) is 0 Å². The minimum absolute atomic E-state index is 0.0175. The lowest BCUT2D eigenvalue weighted by Gasteiger charge is -2.42. The van der Waals surface area contributed by atoms with Crippen LogP contribution in [0, 0.1) is 11.6 Å². The number of thiazole rings is 1. The van der Waals surface area contributed by atoms with Crippen molar-refractivity contribution in [1.29, 1.82) is 0 Å². The molecule has 2 aromatic carbocycles. The van der Waals surface area contributed by atoms with E-state index in [0.717, 1.165) is 24.2 Å². The molecule has 3 saturated heterocycles. The molecule has 4 aromatic rings. The third-order valence-corrected chi connectivity index (χ3v) is 11.3. The molecule has 7 rings (SSSR count). The number of likely N-dealkylation sites (tertiary alicyclic amines) is 2. The molecule has 3 aliphatic rings. The van der Waals surface area contributed by atoms with Crippen LogP contribution in [0.1, 0.15) is 74.1 Å². The molecule has 0 aliphatic carbocycles. The van der Waals surface area contributed by atoms with Crippen LogP contribution in [0.5, 0.6) is 6.01 Å². The number of fused-ring (bicyclic) bond motifs is 4. The number of nitrogens with zero attached hydrogens (tertiary/aromatic N) is 6. The predicted octanol–water partition coefficient (Wildman–Crippen LogP) is 9.27. The van der Waals surface area contributed by atoms with Gasteiger partial charge in [-0.15, -0.1) is 0 Å². The first-order chi connectivity index (χ1) is 26.6. The Morgan fingerprint density at radius 3 is 2.26 bits per heavy atom. The Morgan fingerprint density at radius 2 is 1.63 bits per heavy atom. The lowest BCUT2D eigenvalue weighted by atomic mass is 10.0. The third-order valence-electron chi connectivity index (χ3n) is 10.0. The van der Waals surface area contributed by atoms with Crippen molar-refractivity contribution in [1.82, 2.24) is 24.8 Å². The van der Waals surface area contributed by atoms with E-state index in [1.807, 2.05) is 25.7 Å². The van der Waals surface area contributed by atoms with Gasteiger partial charge in [-0.3, -0.25) is 10.2 Å². The quantitative estimate of drug-likeness (QED) is 0.180. The zero-order chi connectivity index (χ0) is 41.2. The molecule has 2 bridgehead atoms. The lowest BCUT2D eigenvalue weighted by Crippen LogP contribution is -2.56. The van der Waals surface area contributed by atoms with Crippen LogP contribution in [-0.4, -0.2) is 105 Å². The summed E-state index contributed by atoms with van der Waals surface area (Å²) in [5.41, 5.74) is -1.46. The topological polar surface area (TPSA) is 122 Å². The monoisotopic (exact) mass is 835 g/mol. The number of amides is 2. The SMILES string of the molecule is CC(CN1CCC(F)(F)CC1)Oc1nc(N2C3CCC2CN(C(=O)OC(C)(C)C)C3)c2cc(Cl)c(-c3ccc(F)c4sc(NC(=O)OC(C)(C)C)nc34)c(F)c2n1. The molecule has 0 spiro atoms. The van der Waals surface area contributed by atoms with Crippen LogP contribution in [0.4, 0.5) is 38.1 Å². The molecule has 2 aromatic heterocycles. The maximum absolute atomic E-state index is 17.3. The number of nitrogens with one attached hydrogen (secondary N) is 1. The average molecular weight is 836 g/mol. The highest BCUT2D eigenvalue weighted by Crippen LogP contribution is 2.45. The summed E-state index contributed by atoms with van der Waals surface area (Å²) in [7, 11) is 0. The zero-order valence-electron chi connectivity index (χ0n) is 32.9. The van der Waals surface area contributed by atoms with Crippen LogP contribution in [0.15, 0.2) is 18.2 Å². The molecular formula is C39H46ClF4N7O5S. The van der Waals surface area contributed by atoms with Gasteiger partial charge in [0.2, 0.25) is 0 Å². The largest absolute Gasteiger partial charge is 0.459 e. The predicted molar refractivity (Wildman–Crippen MR) is 211 cm³/mol. The van der Waals surface area contributed by atoms with Gasteiger partial charge >= 0.3 is 18.2 Å². The fourth-order valence-electron chi connectivity index (χ4n) is 7.65. The fraction of sp³-hybridized carbons (Fsp3) is 0.564. The number of hydrogen-bond donors (Lipinski definition) is 1. The first-order valence-corrected chi connectivity index (χ1v) is 20.2. The summed E-state index contributed by atoms with van der Waals surface area (Å²) >= 11 is 7.80. The van der Waals surface area contributed by atoms with Crippen LogP contribution >= 0.6 is 22.9 Å². The Labute approximate surface area is 336 Å². The van der Waals surface area contributed by atoms with Crippen molar-refractivity contribution >= 4 is 67.2 Å². The Balaban J connectivity index is 1.29. The first kappa shape index (κ1) is 41.0. The number of rotatable bonds is 7. The van der Waals surface area contributed by atoms with Gasteiger partial charge in [0.1, 0.15) is 34.5 Å². The van der Waals surface area contributed by atoms with Gasteiger partial charge in [-0.1, -0.05) is 22.9 Å². The molecule has 0 radical (unpaired) electrons. The maximum atomic E-state index is 17.3. The number of ether oxygens (including phenoxy) is 3. The van der Waals surface area contributed by atoms with Gasteiger partial charge < -0.3 is 24.0 Å². The normalized spacial score (nSPS) is 20.6. The fourth-order valence-corrected chi connectivity index (χ4v) is 8.82. The third kappa shape index (κ3) is 8.94. The highest BCUT2D eigenvalue weighted by Gasteiger charge is 2.44. The number of halogens is 5. The number of carbonyl (C=O) groups excluding carboxylic acids is 2. The second-order valence-corrected chi connectivity index (χ2v) is 18.4. The Kier molecular flexibility index (Phi) is 10.9. The van der Waals surface area contributed by atoms with E-state index in [2.05, 4.69) is 20.2 Å². The standard InChI is InChI=1S/C39H46ClF4N7O5S/c1-20(17-49-14-12-39(43,44)13-15-49)54-33-45-29-24(32(47-33)51-21-8-9-22(51)19-50(18-21)36(53)56-38(5,6)7)16-25(40)27(28(29)42)23-10-11-26(41)31-30(23)46-34(57-31)48-35(52)55-37(2,3)4/h10-11,16,20-22H,8-9,12-15,17-19H2,1-7H3,(H,46,48,52). The summed E-state index contributed by atoms with van der Waals surface area (Å²) in [5, 5.41) is 2.85. The average Bonchev–Trinajstić information content (AvgIpc) is 3.62. The van der Waals surface area contributed by atoms with Crippen molar-refractivity contribution in [3.8, 4) is 17.1 Å². The van der Waals surface area contributed by atoms with Gasteiger partial charge in [-0.25, -0.2) is 32.1 Å². The van der Waals surface area contributed by atoms with Crippen molar-refractivity contribution < 1.29 is 41.4 Å². The zero-order valence-corrected chi connectivity index (χ0v) is 34.4. The molecule has 18 heteroatoms. The number of hydrogen-bond acceptors (Lipinski definition) is 11. The van der Waals surface area contributed by atoms with Crippen LogP contribution in [0.2, 0.25) is 5.02 Å². The summed E-state index contributed by atoms with van der Waals surface area (Å²) in [6.45, 7) is 13.7. The van der Waals surface area contributed by atoms with Crippen molar-refractivity contribution in [3.05, 3.63) is 34.9 Å². The van der Waals surface area contributed by atoms with E-state index in [1.165, 1.54) is 12.1 Å². The van der Waals surface area contributed by atoms with E-state index < -0.39 is 47.0 Å². The number of piperidine rings is 1. The summed E-state index contributed by atoms with van der Waals surface area (Å²) < 4.78 is 77.5. The molecule has 12 nitrogen and oxygen atoms in total. The van der Waals surface area contributed by atoms with E-state index in [-0.39, 0.29) is 81.0 Å². The van der Waals surface area contributed by atoms with E-state index in [1.54, 1.807) is 38.7 Å². The molecule has 5 heterocycles. The van der Waals surface area contributed by atoms with E-state index in [0.29, 0.717) is 30.8 Å². The Morgan fingerprint density at radius 1 is 0.982 bits per heavy atom. The van der Waals surface area contributed by atoms with Crippen molar-refractivity contribution in [2.75, 3.05) is 42.9 Å². The number of anilines is 2. The smallest absolute Gasteiger partial charge is 0.413 e. The van der Waals surface area contributed by atoms with Gasteiger partial charge in [0.25, 0.3) is 5.92 Å².